The molecule has 0 radical (unpaired) electrons. The van der Waals surface area contributed by atoms with Crippen molar-refractivity contribution in [1.29, 1.82) is 0 Å². The van der Waals surface area contributed by atoms with Crippen molar-refractivity contribution < 1.29 is 30.4 Å². The summed E-state index contributed by atoms with van der Waals surface area (Å²) in [5.74, 6) is 1.67. The third-order valence-electron chi connectivity index (χ3n) is 7.76. The molecule has 0 N–H and O–H groups in total. The van der Waals surface area contributed by atoms with Crippen LogP contribution in [0.25, 0.3) is 44.1 Å². The smallest absolute Gasteiger partial charge is 0.265 e. The van der Waals surface area contributed by atoms with Crippen LogP contribution < -0.4 is 20.4 Å². The van der Waals surface area contributed by atoms with E-state index in [-0.39, 0.29) is 37.6 Å². The van der Waals surface area contributed by atoms with Crippen molar-refractivity contribution in [2.45, 2.75) is 26.2 Å². The van der Waals surface area contributed by atoms with E-state index in [0.29, 0.717) is 28.0 Å². The molecule has 7 rings (SSSR count). The van der Waals surface area contributed by atoms with Gasteiger partial charge in [0.05, 0.1) is 7.05 Å². The van der Waals surface area contributed by atoms with Crippen LogP contribution in [-0.4, -0.2) is 14.1 Å². The van der Waals surface area contributed by atoms with E-state index >= 15 is 0 Å². The first-order valence-electron chi connectivity index (χ1n) is 14.3. The summed E-state index contributed by atoms with van der Waals surface area (Å²) in [6.07, 6.45) is 4.72. The second-order valence-corrected chi connectivity index (χ2v) is 11.7. The molecule has 3 aromatic heterocycles. The summed E-state index contributed by atoms with van der Waals surface area (Å²) < 4.78 is 10.9. The van der Waals surface area contributed by atoms with Gasteiger partial charge in [-0.3, -0.25) is 14.2 Å². The number of pyridine rings is 1. The van der Waals surface area contributed by atoms with Gasteiger partial charge < -0.3 is 13.9 Å². The fourth-order valence-corrected chi connectivity index (χ4v) is 5.48. The number of rotatable bonds is 4. The van der Waals surface area contributed by atoms with Gasteiger partial charge in [0.25, 0.3) is 11.1 Å². The Bertz CT molecular complexity index is 2370. The fraction of sp³-hybridized carbons (Fsp3) is 0.135. The van der Waals surface area contributed by atoms with Crippen LogP contribution in [0.4, 0.5) is 0 Å². The molecular formula is C37H28N4O3Pt-2. The molecule has 0 aliphatic carbocycles. The molecule has 0 bridgehead atoms. The van der Waals surface area contributed by atoms with Crippen LogP contribution in [0.3, 0.4) is 0 Å². The van der Waals surface area contributed by atoms with Crippen LogP contribution in [0, 0.1) is 18.5 Å². The maximum absolute atomic E-state index is 13.5. The largest absolute Gasteiger partial charge is 0.510 e. The van der Waals surface area contributed by atoms with Crippen molar-refractivity contribution in [2.24, 2.45) is 7.05 Å². The van der Waals surface area contributed by atoms with Crippen LogP contribution in [-0.2, 0) is 33.5 Å². The summed E-state index contributed by atoms with van der Waals surface area (Å²) in [5, 5.41) is 2.74. The molecule has 0 saturated carbocycles. The van der Waals surface area contributed by atoms with Crippen molar-refractivity contribution in [2.75, 3.05) is 0 Å². The zero-order chi connectivity index (χ0) is 30.6. The SMILES string of the molecule is C[n+]1[c-]n(-c2[c-]c(Oc3[c-]c4c(cc3)c3ccccc3n4-c3cc(C(C)(C)C)ccn3)ccc2)c(=O)c2ccccc2c1=O.[Pt]. The molecule has 0 aliphatic heterocycles. The van der Waals surface area contributed by atoms with Crippen LogP contribution in [0.5, 0.6) is 11.5 Å². The zero-order valence-electron chi connectivity index (χ0n) is 25.1. The van der Waals surface area contributed by atoms with Crippen LogP contribution >= 0.6 is 0 Å². The minimum Gasteiger partial charge on any atom is -0.510 e. The number of hydrogen-bond donors (Lipinski definition) is 0. The van der Waals surface area contributed by atoms with E-state index in [2.05, 4.69) is 68.1 Å². The quantitative estimate of drug-likeness (QED) is 0.159. The molecular weight excluding hydrogens is 744 g/mol. The van der Waals surface area contributed by atoms with E-state index in [1.807, 2.05) is 30.5 Å². The molecule has 3 heterocycles. The molecule has 0 unspecified atom stereocenters. The average molecular weight is 772 g/mol. The zero-order valence-corrected chi connectivity index (χ0v) is 27.3. The fourth-order valence-electron chi connectivity index (χ4n) is 5.48. The molecule has 8 heteroatoms. The number of nitrogens with zero attached hydrogens (tertiary/aromatic N) is 4. The standard InChI is InChI=1S/C37H28N4O3.Pt/c1-37(2,3)24-18-19-38-34(20-24)41-32-15-8-7-12-28(32)29-17-16-27(22-33(29)41)44-26-11-9-10-25(21-26)40-23-39(4)35(42)30-13-5-6-14-31(30)36(40)43;/h5-20H,1-4H3;/q-2;. The Morgan fingerprint density at radius 1 is 0.778 bits per heavy atom. The predicted molar refractivity (Wildman–Crippen MR) is 171 cm³/mol. The van der Waals surface area contributed by atoms with Crippen molar-refractivity contribution in [3.63, 3.8) is 0 Å². The molecule has 4 aromatic carbocycles. The number of benzene rings is 4. The van der Waals surface area contributed by atoms with E-state index in [0.717, 1.165) is 27.6 Å². The number of fused-ring (bicyclic) bond motifs is 4. The van der Waals surface area contributed by atoms with Gasteiger partial charge in [-0.25, -0.2) is 4.98 Å². The van der Waals surface area contributed by atoms with Gasteiger partial charge in [0, 0.05) is 55.1 Å². The molecule has 7 aromatic rings. The van der Waals surface area contributed by atoms with Crippen LogP contribution in [0.15, 0.2) is 107 Å². The molecule has 226 valence electrons. The van der Waals surface area contributed by atoms with Gasteiger partial charge in [0.1, 0.15) is 5.82 Å². The van der Waals surface area contributed by atoms with Gasteiger partial charge in [0.2, 0.25) is 6.33 Å². The van der Waals surface area contributed by atoms with E-state index in [4.69, 9.17) is 9.72 Å². The minimum atomic E-state index is -0.380. The Hall–Kier alpha value is -4.87. The Balaban J connectivity index is 0.00000357. The maximum Gasteiger partial charge on any atom is 0.265 e. The summed E-state index contributed by atoms with van der Waals surface area (Å²) in [7, 11) is 1.57. The van der Waals surface area contributed by atoms with E-state index in [9.17, 15) is 9.59 Å². The van der Waals surface area contributed by atoms with Crippen molar-refractivity contribution >= 4 is 32.6 Å². The molecule has 0 fully saturated rings. The van der Waals surface area contributed by atoms with E-state index in [1.54, 1.807) is 49.5 Å². The average Bonchev–Trinajstić information content (AvgIpc) is 3.31. The first kappa shape index (κ1) is 30.2. The summed E-state index contributed by atoms with van der Waals surface area (Å²) in [4.78, 5) is 31.1. The second kappa shape index (κ2) is 11.6. The number of aryl methyl sites for hydroxylation is 1. The Morgan fingerprint density at radius 2 is 1.49 bits per heavy atom. The third-order valence-corrected chi connectivity index (χ3v) is 7.76. The first-order valence-corrected chi connectivity index (χ1v) is 14.3. The first-order chi connectivity index (χ1) is 21.2. The van der Waals surface area contributed by atoms with Crippen LogP contribution in [0.1, 0.15) is 26.3 Å². The van der Waals surface area contributed by atoms with E-state index in [1.165, 1.54) is 14.7 Å². The summed E-state index contributed by atoms with van der Waals surface area (Å²) >= 11 is 0. The van der Waals surface area contributed by atoms with Crippen molar-refractivity contribution in [3.8, 4) is 23.0 Å². The summed E-state index contributed by atoms with van der Waals surface area (Å²) in [6.45, 7) is 6.55. The topological polar surface area (TPSA) is 70.0 Å². The Labute approximate surface area is 274 Å². The van der Waals surface area contributed by atoms with Gasteiger partial charge in [0.15, 0.2) is 0 Å². The van der Waals surface area contributed by atoms with Crippen LogP contribution in [0.2, 0.25) is 0 Å². The molecule has 0 amide bonds. The van der Waals surface area contributed by atoms with Gasteiger partial charge in [-0.15, -0.1) is 29.7 Å². The number of para-hydroxylation sites is 1. The third kappa shape index (κ3) is 5.38. The number of hydrogen-bond acceptors (Lipinski definition) is 4. The second-order valence-electron chi connectivity index (χ2n) is 11.7. The van der Waals surface area contributed by atoms with Gasteiger partial charge in [-0.05, 0) is 34.6 Å². The molecule has 0 aliphatic rings. The number of aromatic nitrogens is 4. The van der Waals surface area contributed by atoms with Crippen molar-refractivity contribution in [3.05, 3.63) is 142 Å². The molecule has 7 nitrogen and oxygen atoms in total. The molecule has 0 saturated heterocycles. The number of ether oxygens (including phenoxy) is 1. The van der Waals surface area contributed by atoms with Gasteiger partial charge in [-0.2, -0.15) is 18.2 Å². The normalized spacial score (nSPS) is 11.6. The monoisotopic (exact) mass is 771 g/mol. The molecule has 0 atom stereocenters. The minimum absolute atomic E-state index is 0. The Morgan fingerprint density at radius 3 is 2.27 bits per heavy atom. The summed E-state index contributed by atoms with van der Waals surface area (Å²) in [5.41, 5.74) is 2.69. The molecule has 45 heavy (non-hydrogen) atoms. The van der Waals surface area contributed by atoms with Gasteiger partial charge in [-0.1, -0.05) is 74.4 Å². The van der Waals surface area contributed by atoms with Gasteiger partial charge >= 0.3 is 0 Å². The molecule has 0 spiro atoms. The maximum atomic E-state index is 13.5. The van der Waals surface area contributed by atoms with Crippen molar-refractivity contribution in [1.82, 2.24) is 14.1 Å². The summed E-state index contributed by atoms with van der Waals surface area (Å²) in [6, 6.07) is 34.9. The van der Waals surface area contributed by atoms with E-state index < -0.39 is 0 Å². The Kier molecular flexibility index (Phi) is 7.75. The predicted octanol–water partition coefficient (Wildman–Crippen LogP) is 6.16.